The first-order chi connectivity index (χ1) is 16.2. The molecule has 9 heteroatoms. The third-order valence-corrected chi connectivity index (χ3v) is 8.16. The molecule has 0 spiro atoms. The highest BCUT2D eigenvalue weighted by Gasteiger charge is 2.37. The Morgan fingerprint density at radius 1 is 1.00 bits per heavy atom. The van der Waals surface area contributed by atoms with Crippen LogP contribution < -0.4 is 14.5 Å². The van der Waals surface area contributed by atoms with E-state index in [0.717, 1.165) is 30.4 Å². The normalized spacial score (nSPS) is 22.5. The first-order valence-corrected chi connectivity index (χ1v) is 13.2. The molecule has 0 bridgehead atoms. The number of hydrogen-bond donors (Lipinski definition) is 1. The number of amides is 2. The SMILES string of the molecule is CC(=O)N1c2ccc(-c3ccc(S(=O)(=O)NC4CC4)cc3)cc2N(C(=O)C2CCCO2)CC1C. The van der Waals surface area contributed by atoms with E-state index < -0.39 is 16.1 Å². The van der Waals surface area contributed by atoms with E-state index in [4.69, 9.17) is 4.74 Å². The van der Waals surface area contributed by atoms with Gasteiger partial charge < -0.3 is 14.5 Å². The average Bonchev–Trinajstić information content (AvgIpc) is 3.44. The van der Waals surface area contributed by atoms with Gasteiger partial charge in [0.05, 0.1) is 22.3 Å². The highest BCUT2D eigenvalue weighted by molar-refractivity contribution is 7.89. The third-order valence-electron chi connectivity index (χ3n) is 6.62. The van der Waals surface area contributed by atoms with Gasteiger partial charge in [0.25, 0.3) is 5.91 Å². The number of rotatable bonds is 5. The zero-order valence-corrected chi connectivity index (χ0v) is 20.2. The van der Waals surface area contributed by atoms with Crippen molar-refractivity contribution in [3.8, 4) is 11.1 Å². The van der Waals surface area contributed by atoms with Crippen molar-refractivity contribution < 1.29 is 22.7 Å². The number of nitrogens with one attached hydrogen (secondary N) is 1. The fraction of sp³-hybridized carbons (Fsp3) is 0.440. The second-order valence-corrected chi connectivity index (χ2v) is 11.0. The number of fused-ring (bicyclic) bond motifs is 1. The van der Waals surface area contributed by atoms with Crippen LogP contribution in [0.25, 0.3) is 11.1 Å². The molecule has 1 aliphatic carbocycles. The predicted octanol–water partition coefficient (Wildman–Crippen LogP) is 3.06. The van der Waals surface area contributed by atoms with Gasteiger partial charge in [0.1, 0.15) is 6.10 Å². The van der Waals surface area contributed by atoms with Gasteiger partial charge in [-0.05, 0) is 68.0 Å². The van der Waals surface area contributed by atoms with Crippen LogP contribution >= 0.6 is 0 Å². The van der Waals surface area contributed by atoms with Gasteiger partial charge in [-0.25, -0.2) is 13.1 Å². The van der Waals surface area contributed by atoms with Crippen LogP contribution in [0.5, 0.6) is 0 Å². The Labute approximate surface area is 199 Å². The molecule has 3 aliphatic rings. The first-order valence-electron chi connectivity index (χ1n) is 11.7. The van der Waals surface area contributed by atoms with Crippen molar-refractivity contribution in [2.75, 3.05) is 23.0 Å². The molecule has 2 aromatic rings. The van der Waals surface area contributed by atoms with Gasteiger partial charge in [0, 0.05) is 26.1 Å². The number of hydrogen-bond acceptors (Lipinski definition) is 5. The molecule has 1 saturated carbocycles. The molecule has 0 radical (unpaired) electrons. The summed E-state index contributed by atoms with van der Waals surface area (Å²) in [6.07, 6.45) is 2.85. The van der Waals surface area contributed by atoms with Gasteiger partial charge in [0.15, 0.2) is 0 Å². The molecule has 8 nitrogen and oxygen atoms in total. The number of benzene rings is 2. The van der Waals surface area contributed by atoms with Crippen LogP contribution in [0.4, 0.5) is 11.4 Å². The summed E-state index contributed by atoms with van der Waals surface area (Å²) in [5.74, 6) is -0.165. The van der Waals surface area contributed by atoms with E-state index in [9.17, 15) is 18.0 Å². The minimum atomic E-state index is -3.52. The van der Waals surface area contributed by atoms with Crippen LogP contribution in [0.15, 0.2) is 47.4 Å². The number of nitrogens with zero attached hydrogens (tertiary/aromatic N) is 2. The second-order valence-electron chi connectivity index (χ2n) is 9.31. The van der Waals surface area contributed by atoms with E-state index in [0.29, 0.717) is 30.9 Å². The summed E-state index contributed by atoms with van der Waals surface area (Å²) in [5.41, 5.74) is 3.01. The van der Waals surface area contributed by atoms with Crippen LogP contribution in [0.3, 0.4) is 0 Å². The number of carbonyl (C=O) groups excluding carboxylic acids is 2. The van der Waals surface area contributed by atoms with E-state index in [1.54, 1.807) is 34.1 Å². The molecule has 5 rings (SSSR count). The Bertz CT molecular complexity index is 1220. The van der Waals surface area contributed by atoms with Gasteiger partial charge in [-0.2, -0.15) is 0 Å². The van der Waals surface area contributed by atoms with E-state index in [-0.39, 0.29) is 28.8 Å². The molecule has 2 aliphatic heterocycles. The van der Waals surface area contributed by atoms with Crippen LogP contribution in [-0.4, -0.2) is 51.6 Å². The Morgan fingerprint density at radius 3 is 2.32 bits per heavy atom. The summed E-state index contributed by atoms with van der Waals surface area (Å²) in [7, 11) is -3.52. The monoisotopic (exact) mass is 483 g/mol. The van der Waals surface area contributed by atoms with Gasteiger partial charge >= 0.3 is 0 Å². The van der Waals surface area contributed by atoms with Crippen LogP contribution in [0.1, 0.15) is 39.5 Å². The van der Waals surface area contributed by atoms with Crippen LogP contribution in [0, 0.1) is 0 Å². The van der Waals surface area contributed by atoms with Crippen LogP contribution in [0.2, 0.25) is 0 Å². The molecular formula is C25H29N3O5S. The van der Waals surface area contributed by atoms with Crippen molar-refractivity contribution in [2.24, 2.45) is 0 Å². The van der Waals surface area contributed by atoms with Gasteiger partial charge in [-0.15, -0.1) is 0 Å². The molecule has 1 saturated heterocycles. The number of ether oxygens (including phenoxy) is 1. The summed E-state index contributed by atoms with van der Waals surface area (Å²) in [4.78, 5) is 29.4. The lowest BCUT2D eigenvalue weighted by molar-refractivity contribution is -0.127. The highest BCUT2D eigenvalue weighted by atomic mass is 32.2. The van der Waals surface area contributed by atoms with Crippen molar-refractivity contribution in [3.63, 3.8) is 0 Å². The Balaban J connectivity index is 1.50. The predicted molar refractivity (Wildman–Crippen MR) is 129 cm³/mol. The fourth-order valence-electron chi connectivity index (χ4n) is 4.75. The zero-order chi connectivity index (χ0) is 24.0. The maximum absolute atomic E-state index is 13.3. The highest BCUT2D eigenvalue weighted by Crippen LogP contribution is 2.40. The van der Waals surface area contributed by atoms with Gasteiger partial charge in [-0.3, -0.25) is 9.59 Å². The Morgan fingerprint density at radius 2 is 1.71 bits per heavy atom. The van der Waals surface area contributed by atoms with Gasteiger partial charge in [0.2, 0.25) is 15.9 Å². The van der Waals surface area contributed by atoms with Crippen molar-refractivity contribution in [3.05, 3.63) is 42.5 Å². The molecule has 2 fully saturated rings. The zero-order valence-electron chi connectivity index (χ0n) is 19.4. The van der Waals surface area contributed by atoms with E-state index in [2.05, 4.69) is 4.72 Å². The van der Waals surface area contributed by atoms with Crippen molar-refractivity contribution >= 4 is 33.2 Å². The molecule has 2 atom stereocenters. The van der Waals surface area contributed by atoms with Gasteiger partial charge in [-0.1, -0.05) is 18.2 Å². The largest absolute Gasteiger partial charge is 0.368 e. The lowest BCUT2D eigenvalue weighted by Crippen LogP contribution is -2.53. The quantitative estimate of drug-likeness (QED) is 0.705. The second kappa shape index (κ2) is 8.79. The molecule has 2 aromatic carbocycles. The first kappa shape index (κ1) is 23.0. The molecule has 2 amide bonds. The molecule has 180 valence electrons. The average molecular weight is 484 g/mol. The topological polar surface area (TPSA) is 96.0 Å². The molecule has 34 heavy (non-hydrogen) atoms. The minimum Gasteiger partial charge on any atom is -0.368 e. The van der Waals surface area contributed by atoms with Crippen molar-refractivity contribution in [1.29, 1.82) is 0 Å². The standard InChI is InChI=1S/C25H29N3O5S/c1-16-15-27(25(30)24-4-3-13-33-24)23-14-19(7-12-22(23)28(16)17(2)29)18-5-10-21(11-6-18)34(31,32)26-20-8-9-20/h5-7,10-12,14,16,20,24,26H,3-4,8-9,13,15H2,1-2H3. The summed E-state index contributed by atoms with van der Waals surface area (Å²) in [6, 6.07) is 12.3. The smallest absolute Gasteiger partial charge is 0.256 e. The molecule has 1 N–H and O–H groups in total. The van der Waals surface area contributed by atoms with Crippen molar-refractivity contribution in [1.82, 2.24) is 4.72 Å². The lowest BCUT2D eigenvalue weighted by Gasteiger charge is -2.41. The Kier molecular flexibility index (Phi) is 5.95. The third kappa shape index (κ3) is 4.35. The minimum absolute atomic E-state index is 0.0457. The summed E-state index contributed by atoms with van der Waals surface area (Å²) < 4.78 is 33.3. The molecule has 2 heterocycles. The van der Waals surface area contributed by atoms with E-state index in [1.807, 2.05) is 25.1 Å². The molecular weight excluding hydrogens is 454 g/mol. The summed E-state index contributed by atoms with van der Waals surface area (Å²) >= 11 is 0. The number of carbonyl (C=O) groups is 2. The van der Waals surface area contributed by atoms with Crippen LogP contribution in [-0.2, 0) is 24.3 Å². The van der Waals surface area contributed by atoms with Crippen molar-refractivity contribution in [2.45, 2.75) is 62.6 Å². The van der Waals surface area contributed by atoms with E-state index >= 15 is 0 Å². The Hall–Kier alpha value is -2.75. The summed E-state index contributed by atoms with van der Waals surface area (Å²) in [5, 5.41) is 0. The number of sulfonamides is 1. The van der Waals surface area contributed by atoms with E-state index in [1.165, 1.54) is 6.92 Å². The number of anilines is 2. The maximum atomic E-state index is 13.3. The summed E-state index contributed by atoms with van der Waals surface area (Å²) in [6.45, 7) is 4.43. The molecule has 0 aromatic heterocycles. The lowest BCUT2D eigenvalue weighted by atomic mass is 10.00. The maximum Gasteiger partial charge on any atom is 0.256 e. The fourth-order valence-corrected chi connectivity index (χ4v) is 6.06. The molecule has 2 unspecified atom stereocenters.